The van der Waals surface area contributed by atoms with Gasteiger partial charge in [0, 0.05) is 22.8 Å². The molecule has 29 heavy (non-hydrogen) atoms. The van der Waals surface area contributed by atoms with E-state index in [1.807, 2.05) is 13.0 Å². The molecule has 1 aliphatic heterocycles. The van der Waals surface area contributed by atoms with E-state index in [0.29, 0.717) is 5.65 Å². The maximum absolute atomic E-state index is 13.4. The fourth-order valence-corrected chi connectivity index (χ4v) is 3.83. The van der Waals surface area contributed by atoms with Crippen LogP contribution in [-0.2, 0) is 16.9 Å². The second-order valence-corrected chi connectivity index (χ2v) is 7.45. The molecule has 0 aliphatic carbocycles. The molecule has 1 saturated heterocycles. The van der Waals surface area contributed by atoms with Gasteiger partial charge in [-0.05, 0) is 37.6 Å². The number of aromatic nitrogens is 2. The number of imide groups is 1. The number of benzene rings is 1. The minimum Gasteiger partial charge on any atom is -0.319 e. The van der Waals surface area contributed by atoms with Crippen molar-refractivity contribution >= 4 is 29.2 Å². The van der Waals surface area contributed by atoms with Gasteiger partial charge in [0.15, 0.2) is 0 Å². The SMILES string of the molecule is Cc1cccn2c(=O)cc(CN3C(=O)NC(C)(c4ccc(F)cc4Cl)C3=O)nc12. The van der Waals surface area contributed by atoms with E-state index in [4.69, 9.17) is 11.6 Å². The van der Waals surface area contributed by atoms with Crippen LogP contribution < -0.4 is 10.9 Å². The molecule has 0 radical (unpaired) electrons. The fraction of sp³-hybridized carbons (Fsp3) is 0.200. The zero-order valence-electron chi connectivity index (χ0n) is 15.6. The third kappa shape index (κ3) is 3.05. The molecular weight excluding hydrogens is 399 g/mol. The molecule has 2 aromatic heterocycles. The van der Waals surface area contributed by atoms with E-state index in [1.165, 1.54) is 29.5 Å². The Hall–Kier alpha value is -3.26. The number of fused-ring (bicyclic) bond motifs is 1. The van der Waals surface area contributed by atoms with Crippen LogP contribution in [-0.4, -0.2) is 26.2 Å². The first kappa shape index (κ1) is 19.1. The molecule has 0 spiro atoms. The van der Waals surface area contributed by atoms with Crippen LogP contribution in [0.15, 0.2) is 47.4 Å². The molecule has 3 aromatic rings. The number of hydrogen-bond acceptors (Lipinski definition) is 4. The number of carbonyl (C=O) groups is 2. The van der Waals surface area contributed by atoms with Crippen molar-refractivity contribution in [3.8, 4) is 0 Å². The van der Waals surface area contributed by atoms with E-state index in [2.05, 4.69) is 10.3 Å². The molecule has 148 valence electrons. The Morgan fingerprint density at radius 2 is 1.97 bits per heavy atom. The molecule has 1 aliphatic rings. The third-order valence-electron chi connectivity index (χ3n) is 5.00. The van der Waals surface area contributed by atoms with Crippen LogP contribution in [0.4, 0.5) is 9.18 Å². The highest BCUT2D eigenvalue weighted by molar-refractivity contribution is 6.32. The Kier molecular flexibility index (Phi) is 4.38. The van der Waals surface area contributed by atoms with Gasteiger partial charge in [0.05, 0.1) is 12.2 Å². The van der Waals surface area contributed by atoms with Gasteiger partial charge in [-0.3, -0.25) is 18.9 Å². The Bertz CT molecular complexity index is 1240. The summed E-state index contributed by atoms with van der Waals surface area (Å²) in [5, 5.41) is 2.64. The van der Waals surface area contributed by atoms with E-state index in [9.17, 15) is 18.8 Å². The Balaban J connectivity index is 1.71. The number of halogens is 2. The van der Waals surface area contributed by atoms with Crippen molar-refractivity contribution in [2.75, 3.05) is 0 Å². The molecule has 9 heteroatoms. The number of pyridine rings is 1. The second-order valence-electron chi connectivity index (χ2n) is 7.04. The van der Waals surface area contributed by atoms with Crippen LogP contribution in [0.25, 0.3) is 5.65 Å². The fourth-order valence-electron chi connectivity index (χ4n) is 3.47. The molecule has 3 amide bonds. The van der Waals surface area contributed by atoms with E-state index in [-0.39, 0.29) is 28.4 Å². The summed E-state index contributed by atoms with van der Waals surface area (Å²) in [5.74, 6) is -1.12. The predicted octanol–water partition coefficient (Wildman–Crippen LogP) is 2.76. The van der Waals surface area contributed by atoms with Crippen molar-refractivity contribution in [1.82, 2.24) is 19.6 Å². The number of amides is 3. The maximum atomic E-state index is 13.4. The summed E-state index contributed by atoms with van der Waals surface area (Å²) in [6, 6.07) is 7.80. The number of nitrogens with zero attached hydrogens (tertiary/aromatic N) is 3. The van der Waals surface area contributed by atoms with Gasteiger partial charge in [-0.1, -0.05) is 23.7 Å². The average molecular weight is 415 g/mol. The number of hydrogen-bond donors (Lipinski definition) is 1. The van der Waals surface area contributed by atoms with Gasteiger partial charge in [-0.2, -0.15) is 0 Å². The second kappa shape index (κ2) is 6.66. The predicted molar refractivity (Wildman–Crippen MR) is 104 cm³/mol. The van der Waals surface area contributed by atoms with Crippen molar-refractivity contribution in [3.05, 3.63) is 80.6 Å². The topological polar surface area (TPSA) is 83.8 Å². The normalized spacial score (nSPS) is 19.1. The van der Waals surface area contributed by atoms with Gasteiger partial charge in [-0.15, -0.1) is 0 Å². The summed E-state index contributed by atoms with van der Waals surface area (Å²) in [7, 11) is 0. The van der Waals surface area contributed by atoms with Crippen LogP contribution in [0.5, 0.6) is 0 Å². The number of aryl methyl sites for hydroxylation is 1. The highest BCUT2D eigenvalue weighted by Gasteiger charge is 2.50. The third-order valence-corrected chi connectivity index (χ3v) is 5.32. The molecule has 1 aromatic carbocycles. The lowest BCUT2D eigenvalue weighted by molar-refractivity contribution is -0.131. The summed E-state index contributed by atoms with van der Waals surface area (Å²) in [5.41, 5.74) is 0.0260. The van der Waals surface area contributed by atoms with Crippen LogP contribution in [0.2, 0.25) is 5.02 Å². The quantitative estimate of drug-likeness (QED) is 0.668. The molecule has 3 heterocycles. The average Bonchev–Trinajstić information content (AvgIpc) is 2.86. The van der Waals surface area contributed by atoms with Gasteiger partial charge in [0.2, 0.25) is 0 Å². The monoisotopic (exact) mass is 414 g/mol. The van der Waals surface area contributed by atoms with Crippen LogP contribution >= 0.6 is 11.6 Å². The molecule has 7 nitrogen and oxygen atoms in total. The van der Waals surface area contributed by atoms with E-state index in [0.717, 1.165) is 16.5 Å². The van der Waals surface area contributed by atoms with Crippen LogP contribution in [0.3, 0.4) is 0 Å². The Morgan fingerprint density at radius 1 is 1.21 bits per heavy atom. The number of urea groups is 1. The lowest BCUT2D eigenvalue weighted by Crippen LogP contribution is -2.41. The number of nitrogens with one attached hydrogen (secondary N) is 1. The molecular formula is C20H16ClFN4O3. The first-order valence-corrected chi connectivity index (χ1v) is 9.16. The van der Waals surface area contributed by atoms with Gasteiger partial charge in [-0.25, -0.2) is 14.2 Å². The van der Waals surface area contributed by atoms with Gasteiger partial charge in [0.1, 0.15) is 17.0 Å². The van der Waals surface area contributed by atoms with Crippen LogP contribution in [0, 0.1) is 12.7 Å². The van der Waals surface area contributed by atoms with Crippen molar-refractivity contribution in [2.45, 2.75) is 25.9 Å². The minimum atomic E-state index is -1.45. The van der Waals surface area contributed by atoms with Crippen molar-refractivity contribution in [2.24, 2.45) is 0 Å². The standard InChI is InChI=1S/C20H16ClFN4O3/c1-11-4-3-7-25-16(27)9-13(23-17(11)25)10-26-18(28)20(2,24-19(26)29)14-6-5-12(22)8-15(14)21/h3-9H,10H2,1-2H3,(H,24,29). The summed E-state index contributed by atoms with van der Waals surface area (Å²) in [6.45, 7) is 3.13. The summed E-state index contributed by atoms with van der Waals surface area (Å²) in [6.07, 6.45) is 1.60. The summed E-state index contributed by atoms with van der Waals surface area (Å²) < 4.78 is 14.8. The summed E-state index contributed by atoms with van der Waals surface area (Å²) >= 11 is 6.11. The molecule has 1 atom stereocenters. The van der Waals surface area contributed by atoms with Crippen molar-refractivity contribution in [3.63, 3.8) is 0 Å². The van der Waals surface area contributed by atoms with Gasteiger partial charge in [0.25, 0.3) is 11.5 Å². The van der Waals surface area contributed by atoms with Gasteiger partial charge < -0.3 is 5.32 Å². The van der Waals surface area contributed by atoms with Crippen molar-refractivity contribution in [1.29, 1.82) is 0 Å². The minimum absolute atomic E-state index is 0.0284. The smallest absolute Gasteiger partial charge is 0.319 e. The lowest BCUT2D eigenvalue weighted by atomic mass is 9.92. The molecule has 1 N–H and O–H groups in total. The Morgan fingerprint density at radius 3 is 2.69 bits per heavy atom. The zero-order valence-corrected chi connectivity index (χ0v) is 16.3. The van der Waals surface area contributed by atoms with E-state index >= 15 is 0 Å². The maximum Gasteiger partial charge on any atom is 0.325 e. The first-order valence-electron chi connectivity index (χ1n) is 8.78. The number of rotatable bonds is 3. The molecule has 0 saturated carbocycles. The van der Waals surface area contributed by atoms with E-state index < -0.39 is 23.3 Å². The largest absolute Gasteiger partial charge is 0.325 e. The van der Waals surface area contributed by atoms with Gasteiger partial charge >= 0.3 is 6.03 Å². The first-order chi connectivity index (χ1) is 13.7. The lowest BCUT2D eigenvalue weighted by Gasteiger charge is -2.23. The van der Waals surface area contributed by atoms with E-state index in [1.54, 1.807) is 12.3 Å². The zero-order chi connectivity index (χ0) is 20.9. The summed E-state index contributed by atoms with van der Waals surface area (Å²) in [4.78, 5) is 43.4. The molecule has 0 bridgehead atoms. The highest BCUT2D eigenvalue weighted by Crippen LogP contribution is 2.34. The van der Waals surface area contributed by atoms with Crippen LogP contribution in [0.1, 0.15) is 23.7 Å². The number of carbonyl (C=O) groups excluding carboxylic acids is 2. The molecule has 4 rings (SSSR count). The molecule has 1 fully saturated rings. The van der Waals surface area contributed by atoms with Crippen molar-refractivity contribution < 1.29 is 14.0 Å². The highest BCUT2D eigenvalue weighted by atomic mass is 35.5. The molecule has 1 unspecified atom stereocenters. The Labute approximate surface area is 169 Å².